The molecule has 0 aliphatic heterocycles. The summed E-state index contributed by atoms with van der Waals surface area (Å²) in [5.74, 6) is 4.04. The summed E-state index contributed by atoms with van der Waals surface area (Å²) in [6, 6.07) is 124. The molecule has 0 radical (unpaired) electrons. The van der Waals surface area contributed by atoms with E-state index in [1.54, 1.807) is 0 Å². The lowest BCUT2D eigenvalue weighted by atomic mass is 9.86. The maximum atomic E-state index is 2.35. The molecule has 0 aliphatic rings. The van der Waals surface area contributed by atoms with Crippen LogP contribution in [-0.2, 0) is 0 Å². The molecule has 0 aliphatic carbocycles. The Morgan fingerprint density at radius 1 is 0.188 bits per heavy atom. The van der Waals surface area contributed by atoms with Gasteiger partial charge in [-0.3, -0.25) is 0 Å². The van der Waals surface area contributed by atoms with Crippen LogP contribution in [0.2, 0.25) is 0 Å². The van der Waals surface area contributed by atoms with Crippen molar-refractivity contribution in [2.45, 2.75) is 152 Å². The van der Waals surface area contributed by atoms with E-state index in [2.05, 4.69) is 457 Å². The van der Waals surface area contributed by atoms with E-state index in [1.807, 2.05) is 45.3 Å². The molecular weight excluding hydrogens is 1490 g/mol. The van der Waals surface area contributed by atoms with Gasteiger partial charge in [0.2, 0.25) is 0 Å². The number of benzene rings is 15. The zero-order valence-corrected chi connectivity index (χ0v) is 74.3. The Morgan fingerprint density at radius 3 is 1.03 bits per heavy atom. The molecular formula is C113H112S4. The van der Waals surface area contributed by atoms with Crippen molar-refractivity contribution in [2.24, 2.45) is 0 Å². The Morgan fingerprint density at radius 2 is 0.538 bits per heavy atom. The second-order valence-corrected chi connectivity index (χ2v) is 37.1. The molecule has 15 aromatic carbocycles. The SMILES string of the molecule is CC(C)c1c(-c2ccccc2)cccc1-c1ccccc1.CC(C)c1cc(-c2ccccc2)cc(-c2ccccc2)c1.CC(C)c1ccc2c(c1)sc1ccccc12.CC(C)c1ccc2sc3ccccc3c2c1.CC(C)c1cccc2c1sc1ccccc12.CC(C)c1cccc2sc3ccccc3c12.Cc1cccc(C)c1C(C)C. The minimum atomic E-state index is 0.483. The highest BCUT2D eigenvalue weighted by Crippen LogP contribution is 2.43. The zero-order chi connectivity index (χ0) is 82.2. The fraction of sp³-hybridized carbons (Fsp3) is 0.204. The van der Waals surface area contributed by atoms with E-state index in [-0.39, 0.29) is 0 Å². The molecule has 0 nitrogen and oxygen atoms in total. The number of rotatable bonds is 11. The highest BCUT2D eigenvalue weighted by atomic mass is 32.1. The van der Waals surface area contributed by atoms with Gasteiger partial charge >= 0.3 is 0 Å². The molecule has 0 N–H and O–H groups in total. The fourth-order valence-corrected chi connectivity index (χ4v) is 20.7. The van der Waals surface area contributed by atoms with Gasteiger partial charge in [-0.05, 0) is 204 Å². The number of hydrogen-bond acceptors (Lipinski definition) is 4. The molecule has 0 saturated carbocycles. The summed E-state index contributed by atoms with van der Waals surface area (Å²) >= 11 is 7.59. The van der Waals surface area contributed by atoms with Gasteiger partial charge in [0.1, 0.15) is 0 Å². The van der Waals surface area contributed by atoms with Gasteiger partial charge in [-0.15, -0.1) is 45.3 Å². The second kappa shape index (κ2) is 39.4. The maximum Gasteiger partial charge on any atom is 0.0390 e. The Kier molecular flexibility index (Phi) is 28.3. The number of thiophene rings is 4. The molecule has 0 saturated heterocycles. The van der Waals surface area contributed by atoms with Crippen molar-refractivity contribution >= 4 is 126 Å². The first-order valence-corrected chi connectivity index (χ1v) is 45.1. The van der Waals surface area contributed by atoms with Crippen molar-refractivity contribution in [2.75, 3.05) is 0 Å². The topological polar surface area (TPSA) is 0 Å². The average Bonchev–Trinajstić information content (AvgIpc) is 1.61. The summed E-state index contributed by atoms with van der Waals surface area (Å²) in [6.45, 7) is 35.9. The third-order valence-corrected chi connectivity index (χ3v) is 26.7. The number of fused-ring (bicyclic) bond motifs is 12. The zero-order valence-electron chi connectivity index (χ0n) is 71.1. The van der Waals surface area contributed by atoms with Crippen LogP contribution in [0.3, 0.4) is 0 Å². The van der Waals surface area contributed by atoms with Crippen molar-refractivity contribution in [3.8, 4) is 44.5 Å². The van der Waals surface area contributed by atoms with Crippen molar-refractivity contribution in [3.63, 3.8) is 0 Å². The van der Waals surface area contributed by atoms with Crippen LogP contribution in [0.15, 0.2) is 346 Å². The van der Waals surface area contributed by atoms with Crippen LogP contribution >= 0.6 is 45.3 Å². The van der Waals surface area contributed by atoms with Crippen LogP contribution in [0.25, 0.3) is 125 Å². The van der Waals surface area contributed by atoms with Gasteiger partial charge in [-0.25, -0.2) is 0 Å². The molecule has 4 heterocycles. The largest absolute Gasteiger partial charge is 0.135 e. The Hall–Kier alpha value is -10.8. The minimum Gasteiger partial charge on any atom is -0.135 e. The summed E-state index contributed by atoms with van der Waals surface area (Å²) < 4.78 is 11.2. The summed E-state index contributed by atoms with van der Waals surface area (Å²) in [4.78, 5) is 0. The second-order valence-electron chi connectivity index (χ2n) is 32.8. The highest BCUT2D eigenvalue weighted by molar-refractivity contribution is 7.27. The molecule has 0 atom stereocenters. The summed E-state index contributed by atoms with van der Waals surface area (Å²) in [7, 11) is 0. The van der Waals surface area contributed by atoms with E-state index in [4.69, 9.17) is 0 Å². The summed E-state index contributed by atoms with van der Waals surface area (Å²) in [5, 5.41) is 11.3. The maximum absolute atomic E-state index is 2.35. The summed E-state index contributed by atoms with van der Waals surface area (Å²) in [5.41, 5.74) is 23.3. The van der Waals surface area contributed by atoms with Gasteiger partial charge in [-0.1, -0.05) is 388 Å². The van der Waals surface area contributed by atoms with Crippen LogP contribution in [0.1, 0.15) is 188 Å². The molecule has 0 fully saturated rings. The molecule has 0 unspecified atom stereocenters. The third-order valence-electron chi connectivity index (χ3n) is 22.1. The van der Waals surface area contributed by atoms with Gasteiger partial charge in [0.25, 0.3) is 0 Å². The van der Waals surface area contributed by atoms with E-state index in [0.717, 1.165) is 0 Å². The Labute approximate surface area is 712 Å². The lowest BCUT2D eigenvalue weighted by Gasteiger charge is -2.18. The first-order valence-electron chi connectivity index (χ1n) is 41.9. The third kappa shape index (κ3) is 20.2. The van der Waals surface area contributed by atoms with Gasteiger partial charge in [0.05, 0.1) is 0 Å². The molecule has 0 bridgehead atoms. The highest BCUT2D eigenvalue weighted by Gasteiger charge is 2.17. The van der Waals surface area contributed by atoms with E-state index >= 15 is 0 Å². The normalized spacial score (nSPS) is 11.3. The van der Waals surface area contributed by atoms with Gasteiger partial charge in [0.15, 0.2) is 0 Å². The number of aryl methyl sites for hydroxylation is 2. The van der Waals surface area contributed by atoms with Crippen molar-refractivity contribution in [1.82, 2.24) is 0 Å². The van der Waals surface area contributed by atoms with E-state index in [1.165, 1.54) is 175 Å². The minimum absolute atomic E-state index is 0.483. The molecule has 4 heteroatoms. The number of hydrogen-bond donors (Lipinski definition) is 0. The lowest BCUT2D eigenvalue weighted by Crippen LogP contribution is -1.96. The van der Waals surface area contributed by atoms with Gasteiger partial charge < -0.3 is 0 Å². The molecule has 0 amide bonds. The molecule has 0 spiro atoms. The molecule has 19 aromatic rings. The molecule has 4 aromatic heterocycles. The Bertz CT molecular complexity index is 6270. The van der Waals surface area contributed by atoms with Crippen molar-refractivity contribution < 1.29 is 0 Å². The average molecular weight is 1600 g/mol. The predicted octanol–water partition coefficient (Wildman–Crippen LogP) is 36.4. The smallest absolute Gasteiger partial charge is 0.0390 e. The standard InChI is InChI=1S/2C21H20.4C15H14S.C11H16/c1-16(2)21-19(17-10-5-3-6-11-17)14-9-15-20(21)18-12-7-4-8-13-18;1-16(2)19-13-20(17-9-5-3-6-10-17)15-21(14-19)18-11-7-4-8-12-18;1-10(2)11-7-5-8-13-12-6-3-4-9-14(12)16-15(11)13;1-10(2)11-7-5-9-14-15(11)12-6-3-4-8-13(12)16-14;1-10(2)11-7-8-15-13(9-11)12-5-3-4-6-14(12)16-15;1-10(2)11-7-8-13-12-5-3-4-6-14(12)16-15(13)9-11;1-8(2)11-9(3)6-5-7-10(11)4/h2*3-16H,1-2H3;4*3-10H,1-2H3;5-8H,1-4H3. The molecule has 588 valence electrons. The van der Waals surface area contributed by atoms with Gasteiger partial charge in [-0.2, -0.15) is 0 Å². The quantitative estimate of drug-likeness (QED) is 0.121. The van der Waals surface area contributed by atoms with Crippen molar-refractivity contribution in [1.29, 1.82) is 0 Å². The fourth-order valence-electron chi connectivity index (χ4n) is 16.0. The van der Waals surface area contributed by atoms with Crippen LogP contribution in [0.4, 0.5) is 0 Å². The van der Waals surface area contributed by atoms with E-state index in [0.29, 0.717) is 41.4 Å². The van der Waals surface area contributed by atoms with Crippen LogP contribution in [0, 0.1) is 13.8 Å². The lowest BCUT2D eigenvalue weighted by molar-refractivity contribution is 0.846. The van der Waals surface area contributed by atoms with Crippen LogP contribution in [0.5, 0.6) is 0 Å². The predicted molar refractivity (Wildman–Crippen MR) is 526 cm³/mol. The first-order chi connectivity index (χ1) is 56.7. The Balaban J connectivity index is 0.000000119. The van der Waals surface area contributed by atoms with Gasteiger partial charge in [0, 0.05) is 80.7 Å². The first kappa shape index (κ1) is 84.1. The van der Waals surface area contributed by atoms with Crippen LogP contribution < -0.4 is 0 Å². The molecule has 19 rings (SSSR count). The monoisotopic (exact) mass is 1600 g/mol. The van der Waals surface area contributed by atoms with Crippen molar-refractivity contribution in [3.05, 3.63) is 396 Å². The van der Waals surface area contributed by atoms with Crippen LogP contribution in [-0.4, -0.2) is 0 Å². The van der Waals surface area contributed by atoms with E-state index in [9.17, 15) is 0 Å². The summed E-state index contributed by atoms with van der Waals surface area (Å²) in [6.07, 6.45) is 0. The molecule has 117 heavy (non-hydrogen) atoms. The van der Waals surface area contributed by atoms with E-state index < -0.39 is 0 Å².